The molecule has 2 aromatic rings. The summed E-state index contributed by atoms with van der Waals surface area (Å²) in [6.45, 7) is 0.294. The van der Waals surface area contributed by atoms with Crippen LogP contribution in [0.5, 0.6) is 17.2 Å². The normalized spacial score (nSPS) is 10.3. The van der Waals surface area contributed by atoms with E-state index >= 15 is 0 Å². The van der Waals surface area contributed by atoms with Gasteiger partial charge in [-0.3, -0.25) is 4.79 Å². The Morgan fingerprint density at radius 3 is 2.38 bits per heavy atom. The number of thioether (sulfide) groups is 1. The lowest BCUT2D eigenvalue weighted by Crippen LogP contribution is -2.25. The van der Waals surface area contributed by atoms with Gasteiger partial charge in [-0.05, 0) is 23.8 Å². The summed E-state index contributed by atoms with van der Waals surface area (Å²) in [4.78, 5) is 12.0. The third kappa shape index (κ3) is 5.05. The van der Waals surface area contributed by atoms with Crippen LogP contribution >= 0.6 is 11.8 Å². The van der Waals surface area contributed by atoms with Crippen molar-refractivity contribution in [3.63, 3.8) is 0 Å². The van der Waals surface area contributed by atoms with Crippen molar-refractivity contribution >= 4 is 17.7 Å². The van der Waals surface area contributed by atoms with Crippen molar-refractivity contribution in [1.82, 2.24) is 5.32 Å². The van der Waals surface area contributed by atoms with Crippen molar-refractivity contribution in [2.45, 2.75) is 12.3 Å². The lowest BCUT2D eigenvalue weighted by Gasteiger charge is -2.16. The van der Waals surface area contributed by atoms with Crippen molar-refractivity contribution < 1.29 is 23.4 Å². The summed E-state index contributed by atoms with van der Waals surface area (Å²) in [5.41, 5.74) is 1.37. The van der Waals surface area contributed by atoms with Gasteiger partial charge in [-0.2, -0.15) is 0 Å². The first kappa shape index (κ1) is 19.9. The van der Waals surface area contributed by atoms with Crippen LogP contribution in [0.3, 0.4) is 0 Å². The minimum Gasteiger partial charge on any atom is -0.493 e. The molecule has 0 heterocycles. The Bertz CT molecular complexity index is 754. The van der Waals surface area contributed by atoms with E-state index in [-0.39, 0.29) is 17.5 Å². The van der Waals surface area contributed by atoms with E-state index in [2.05, 4.69) is 5.32 Å². The number of benzene rings is 2. The van der Waals surface area contributed by atoms with E-state index in [4.69, 9.17) is 14.2 Å². The van der Waals surface area contributed by atoms with Gasteiger partial charge in [-0.25, -0.2) is 4.39 Å². The van der Waals surface area contributed by atoms with Crippen molar-refractivity contribution in [3.05, 3.63) is 53.3 Å². The van der Waals surface area contributed by atoms with Crippen LogP contribution < -0.4 is 19.5 Å². The van der Waals surface area contributed by atoms with Gasteiger partial charge in [0, 0.05) is 17.9 Å². The average Bonchev–Trinajstić information content (AvgIpc) is 2.66. The Morgan fingerprint density at radius 1 is 1.00 bits per heavy atom. The van der Waals surface area contributed by atoms with E-state index in [1.807, 2.05) is 6.07 Å². The van der Waals surface area contributed by atoms with Crippen LogP contribution in [0, 0.1) is 5.82 Å². The Hall–Kier alpha value is -2.41. The van der Waals surface area contributed by atoms with Gasteiger partial charge in [-0.1, -0.05) is 18.2 Å². The van der Waals surface area contributed by atoms with Crippen molar-refractivity contribution in [1.29, 1.82) is 0 Å². The number of carbonyl (C=O) groups excluding carboxylic acids is 1. The number of hydrogen-bond donors (Lipinski definition) is 1. The molecule has 0 spiro atoms. The van der Waals surface area contributed by atoms with Crippen LogP contribution in [0.25, 0.3) is 0 Å². The predicted molar refractivity (Wildman–Crippen MR) is 101 cm³/mol. The van der Waals surface area contributed by atoms with E-state index in [1.165, 1.54) is 32.0 Å². The molecule has 2 aromatic carbocycles. The molecule has 0 aromatic heterocycles. The summed E-state index contributed by atoms with van der Waals surface area (Å²) >= 11 is 1.36. The second-order valence-electron chi connectivity index (χ2n) is 5.35. The molecule has 0 atom stereocenters. The number of methoxy groups -OCH3 is 3. The highest BCUT2D eigenvalue weighted by Crippen LogP contribution is 2.39. The maximum absolute atomic E-state index is 13.6. The summed E-state index contributed by atoms with van der Waals surface area (Å²) in [5, 5.41) is 2.83. The molecule has 0 saturated heterocycles. The molecular formula is C19H22FNO4S. The first-order chi connectivity index (χ1) is 12.6. The van der Waals surface area contributed by atoms with Gasteiger partial charge in [0.25, 0.3) is 0 Å². The van der Waals surface area contributed by atoms with Crippen LogP contribution in [0.15, 0.2) is 36.4 Å². The van der Waals surface area contributed by atoms with Gasteiger partial charge in [0.15, 0.2) is 11.5 Å². The summed E-state index contributed by atoms with van der Waals surface area (Å²) < 4.78 is 29.5. The van der Waals surface area contributed by atoms with E-state index in [0.717, 1.165) is 5.56 Å². The summed E-state index contributed by atoms with van der Waals surface area (Å²) in [7, 11) is 4.61. The van der Waals surface area contributed by atoms with E-state index in [0.29, 0.717) is 35.1 Å². The second kappa shape index (κ2) is 9.91. The molecule has 5 nitrogen and oxygen atoms in total. The van der Waals surface area contributed by atoms with Crippen LogP contribution in [-0.4, -0.2) is 33.0 Å². The average molecular weight is 379 g/mol. The monoisotopic (exact) mass is 379 g/mol. The molecule has 140 valence electrons. The number of carbonyl (C=O) groups is 1. The Balaban J connectivity index is 1.90. The highest BCUT2D eigenvalue weighted by atomic mass is 32.2. The molecule has 0 radical (unpaired) electrons. The van der Waals surface area contributed by atoms with Crippen LogP contribution in [-0.2, 0) is 17.1 Å². The van der Waals surface area contributed by atoms with Crippen molar-refractivity contribution in [3.8, 4) is 17.2 Å². The summed E-state index contributed by atoms with van der Waals surface area (Å²) in [5.74, 6) is 1.85. The number of nitrogens with one attached hydrogen (secondary N) is 1. The fourth-order valence-electron chi connectivity index (χ4n) is 2.42. The molecule has 26 heavy (non-hydrogen) atoms. The summed E-state index contributed by atoms with van der Waals surface area (Å²) in [6.07, 6.45) is 0. The molecule has 0 bridgehead atoms. The summed E-state index contributed by atoms with van der Waals surface area (Å²) in [6, 6.07) is 10.1. The fraction of sp³-hybridized carbons (Fsp3) is 0.316. The Labute approximate surface area is 156 Å². The molecule has 2 rings (SSSR count). The van der Waals surface area contributed by atoms with Crippen LogP contribution in [0.2, 0.25) is 0 Å². The van der Waals surface area contributed by atoms with E-state index in [9.17, 15) is 9.18 Å². The van der Waals surface area contributed by atoms with Gasteiger partial charge >= 0.3 is 0 Å². The first-order valence-corrected chi connectivity index (χ1v) is 9.11. The Kier molecular flexibility index (Phi) is 7.59. The van der Waals surface area contributed by atoms with E-state index in [1.54, 1.807) is 31.4 Å². The minimum atomic E-state index is -0.254. The molecular weight excluding hydrogens is 357 g/mol. The minimum absolute atomic E-state index is 0.136. The van der Waals surface area contributed by atoms with Crippen LogP contribution in [0.1, 0.15) is 11.1 Å². The standard InChI is InChI=1S/C19H22FNO4S/c1-23-16-9-8-13(18(24-2)19(16)25-3)10-21-17(22)12-26-11-14-6-4-5-7-15(14)20/h4-9H,10-12H2,1-3H3,(H,21,22). The number of hydrogen-bond acceptors (Lipinski definition) is 5. The molecule has 1 amide bonds. The third-order valence-corrected chi connectivity index (χ3v) is 4.69. The van der Waals surface area contributed by atoms with Gasteiger partial charge in [0.05, 0.1) is 27.1 Å². The molecule has 0 aliphatic rings. The van der Waals surface area contributed by atoms with Gasteiger partial charge in [-0.15, -0.1) is 11.8 Å². The van der Waals surface area contributed by atoms with E-state index < -0.39 is 0 Å². The zero-order valence-corrected chi connectivity index (χ0v) is 15.8. The Morgan fingerprint density at radius 2 is 1.73 bits per heavy atom. The van der Waals surface area contributed by atoms with Crippen molar-refractivity contribution in [2.75, 3.05) is 27.1 Å². The third-order valence-electron chi connectivity index (χ3n) is 3.71. The topological polar surface area (TPSA) is 56.8 Å². The molecule has 7 heteroatoms. The highest BCUT2D eigenvalue weighted by molar-refractivity contribution is 7.99. The number of halogens is 1. The quantitative estimate of drug-likeness (QED) is 0.724. The maximum atomic E-state index is 13.6. The lowest BCUT2D eigenvalue weighted by atomic mass is 10.1. The number of rotatable bonds is 9. The zero-order chi connectivity index (χ0) is 18.9. The molecule has 0 unspecified atom stereocenters. The second-order valence-corrected chi connectivity index (χ2v) is 6.34. The van der Waals surface area contributed by atoms with Gasteiger partial charge < -0.3 is 19.5 Å². The zero-order valence-electron chi connectivity index (χ0n) is 15.0. The molecule has 0 fully saturated rings. The lowest BCUT2D eigenvalue weighted by molar-refractivity contribution is -0.118. The first-order valence-electron chi connectivity index (χ1n) is 7.96. The molecule has 0 aliphatic carbocycles. The largest absolute Gasteiger partial charge is 0.493 e. The van der Waals surface area contributed by atoms with Gasteiger partial charge in [0.1, 0.15) is 5.82 Å². The molecule has 0 saturated carbocycles. The fourth-order valence-corrected chi connectivity index (χ4v) is 3.26. The number of amides is 1. The smallest absolute Gasteiger partial charge is 0.230 e. The SMILES string of the molecule is COc1ccc(CNC(=O)CSCc2ccccc2F)c(OC)c1OC. The van der Waals surface area contributed by atoms with Crippen LogP contribution in [0.4, 0.5) is 4.39 Å². The van der Waals surface area contributed by atoms with Crippen molar-refractivity contribution in [2.24, 2.45) is 0 Å². The number of ether oxygens (including phenoxy) is 3. The van der Waals surface area contributed by atoms with Gasteiger partial charge in [0.2, 0.25) is 11.7 Å². The predicted octanol–water partition coefficient (Wildman–Crippen LogP) is 3.40. The molecule has 1 N–H and O–H groups in total. The molecule has 0 aliphatic heterocycles. The highest BCUT2D eigenvalue weighted by Gasteiger charge is 2.16. The maximum Gasteiger partial charge on any atom is 0.230 e.